The van der Waals surface area contributed by atoms with Gasteiger partial charge in [-0.15, -0.1) is 11.8 Å². The minimum absolute atomic E-state index is 0.0548. The highest BCUT2D eigenvalue weighted by atomic mass is 32.2. The van der Waals surface area contributed by atoms with E-state index in [0.717, 1.165) is 29.4 Å². The van der Waals surface area contributed by atoms with E-state index in [2.05, 4.69) is 32.9 Å². The molecule has 1 aliphatic rings. The van der Waals surface area contributed by atoms with Gasteiger partial charge < -0.3 is 9.47 Å². The summed E-state index contributed by atoms with van der Waals surface area (Å²) in [5, 5.41) is 0. The smallest absolute Gasteiger partial charge is 0.322 e. The lowest BCUT2D eigenvalue weighted by Gasteiger charge is -2.52. The van der Waals surface area contributed by atoms with Gasteiger partial charge in [-0.25, -0.2) is 0 Å². The normalized spacial score (nSPS) is 24.6. The van der Waals surface area contributed by atoms with E-state index in [-0.39, 0.29) is 12.1 Å². The summed E-state index contributed by atoms with van der Waals surface area (Å²) in [5.41, 5.74) is 1.10. The molecule has 0 saturated carbocycles. The van der Waals surface area contributed by atoms with Crippen molar-refractivity contribution in [2.24, 2.45) is 0 Å². The van der Waals surface area contributed by atoms with E-state index in [0.29, 0.717) is 13.2 Å². The van der Waals surface area contributed by atoms with E-state index in [9.17, 15) is 4.79 Å². The molecule has 5 heteroatoms. The van der Waals surface area contributed by atoms with Crippen LogP contribution < -0.4 is 0 Å². The van der Waals surface area contributed by atoms with Gasteiger partial charge in [0.25, 0.3) is 0 Å². The lowest BCUT2D eigenvalue weighted by atomic mass is 10.1. The van der Waals surface area contributed by atoms with Crippen molar-refractivity contribution < 1.29 is 14.3 Å². The van der Waals surface area contributed by atoms with Gasteiger partial charge in [0, 0.05) is 5.75 Å². The number of thioether (sulfide) groups is 1. The fourth-order valence-electron chi connectivity index (χ4n) is 4.11. The van der Waals surface area contributed by atoms with Crippen molar-refractivity contribution in [2.75, 3.05) is 19.0 Å². The molecule has 134 valence electrons. The monoisotopic (exact) mass is 366 g/mol. The van der Waals surface area contributed by atoms with Gasteiger partial charge in [0.2, 0.25) is 0 Å². The molecule has 0 N–H and O–H groups in total. The Morgan fingerprint density at radius 1 is 1.21 bits per heavy atom. The first-order valence-corrected chi connectivity index (χ1v) is 12.7. The average molecular weight is 367 g/mol. The van der Waals surface area contributed by atoms with Crippen LogP contribution in [0.15, 0.2) is 30.3 Å². The van der Waals surface area contributed by atoms with Gasteiger partial charge in [-0.05, 0) is 12.5 Å². The third-order valence-electron chi connectivity index (χ3n) is 5.57. The molecule has 1 aromatic rings. The van der Waals surface area contributed by atoms with Crippen LogP contribution in [-0.4, -0.2) is 37.4 Å². The minimum Gasteiger partial charge on any atom is -0.465 e. The second-order valence-corrected chi connectivity index (χ2v) is 13.5. The first-order chi connectivity index (χ1) is 11.6. The molecular weight excluding hydrogens is 336 g/mol. The molecule has 1 saturated heterocycles. The lowest BCUT2D eigenvalue weighted by molar-refractivity contribution is -0.148. The number of hydrogen-bond acceptors (Lipinski definition) is 4. The van der Waals surface area contributed by atoms with E-state index in [1.165, 1.54) is 0 Å². The largest absolute Gasteiger partial charge is 0.465 e. The molecule has 2 rings (SSSR count). The van der Waals surface area contributed by atoms with E-state index in [1.54, 1.807) is 11.8 Å². The molecule has 0 radical (unpaired) electrons. The number of hydrogen-bond donors (Lipinski definition) is 0. The van der Waals surface area contributed by atoms with Gasteiger partial charge in [0.05, 0.1) is 21.3 Å². The summed E-state index contributed by atoms with van der Waals surface area (Å²) in [7, 11) is -1.95. The molecule has 1 aliphatic heterocycles. The van der Waals surface area contributed by atoms with Gasteiger partial charge in [-0.1, -0.05) is 69.2 Å². The zero-order valence-electron chi connectivity index (χ0n) is 15.3. The predicted octanol–water partition coefficient (Wildman–Crippen LogP) is 4.84. The topological polar surface area (TPSA) is 35.5 Å². The molecule has 1 fully saturated rings. The number of carbonyl (C=O) groups is 1. The molecule has 2 atom stereocenters. The van der Waals surface area contributed by atoms with Gasteiger partial charge in [0.15, 0.2) is 0 Å². The second-order valence-electron chi connectivity index (χ2n) is 6.31. The molecule has 3 nitrogen and oxygen atoms in total. The Balaban J connectivity index is 2.63. The number of benzene rings is 1. The first-order valence-electron chi connectivity index (χ1n) is 9.09. The maximum atomic E-state index is 13.3. The number of ether oxygens (including phenoxy) is 2. The predicted molar refractivity (Wildman–Crippen MR) is 104 cm³/mol. The van der Waals surface area contributed by atoms with Crippen LogP contribution >= 0.6 is 11.8 Å². The van der Waals surface area contributed by atoms with Gasteiger partial charge >= 0.3 is 5.97 Å². The van der Waals surface area contributed by atoms with Crippen molar-refractivity contribution in [3.63, 3.8) is 0 Å². The van der Waals surface area contributed by atoms with E-state index < -0.39 is 12.4 Å². The SMILES string of the molecule is CCOC(=O)[C@]1([Si](CC)(CC)CC)SCCO[C@@H]1c1ccccc1. The van der Waals surface area contributed by atoms with Crippen molar-refractivity contribution >= 4 is 25.8 Å². The molecule has 0 unspecified atom stereocenters. The highest BCUT2D eigenvalue weighted by Gasteiger charge is 2.63. The summed E-state index contributed by atoms with van der Waals surface area (Å²) in [4.78, 5) is 13.3. The van der Waals surface area contributed by atoms with Crippen molar-refractivity contribution in [2.45, 2.75) is 56.3 Å². The van der Waals surface area contributed by atoms with E-state index in [4.69, 9.17) is 9.47 Å². The summed E-state index contributed by atoms with van der Waals surface area (Å²) in [6, 6.07) is 13.4. The number of rotatable bonds is 7. The van der Waals surface area contributed by atoms with Crippen LogP contribution in [0.4, 0.5) is 0 Å². The second kappa shape index (κ2) is 8.54. The molecule has 0 amide bonds. The maximum absolute atomic E-state index is 13.3. The fraction of sp³-hybridized carbons (Fsp3) is 0.632. The Morgan fingerprint density at radius 2 is 1.83 bits per heavy atom. The number of carbonyl (C=O) groups excluding carboxylic acids is 1. The lowest BCUT2D eigenvalue weighted by Crippen LogP contribution is -2.65. The minimum atomic E-state index is -1.95. The van der Waals surface area contributed by atoms with Crippen LogP contribution in [0.2, 0.25) is 18.1 Å². The van der Waals surface area contributed by atoms with Crippen molar-refractivity contribution in [1.29, 1.82) is 0 Å². The van der Waals surface area contributed by atoms with Crippen LogP contribution in [0.1, 0.15) is 39.4 Å². The Morgan fingerprint density at radius 3 is 2.38 bits per heavy atom. The van der Waals surface area contributed by atoms with Crippen LogP contribution in [0, 0.1) is 0 Å². The van der Waals surface area contributed by atoms with Gasteiger partial charge in [0.1, 0.15) is 10.5 Å². The highest BCUT2D eigenvalue weighted by molar-refractivity contribution is 8.03. The highest BCUT2D eigenvalue weighted by Crippen LogP contribution is 2.54. The summed E-state index contributed by atoms with van der Waals surface area (Å²) in [6.45, 7) is 9.74. The van der Waals surface area contributed by atoms with Gasteiger partial charge in [-0.3, -0.25) is 4.79 Å². The Bertz CT molecular complexity index is 524. The molecule has 0 aromatic heterocycles. The third-order valence-corrected chi connectivity index (χ3v) is 14.6. The van der Waals surface area contributed by atoms with Crippen molar-refractivity contribution in [3.8, 4) is 0 Å². The van der Waals surface area contributed by atoms with E-state index >= 15 is 0 Å². The Labute approximate surface area is 151 Å². The summed E-state index contributed by atoms with van der Waals surface area (Å²) < 4.78 is 11.4. The van der Waals surface area contributed by atoms with Crippen LogP contribution in [0.3, 0.4) is 0 Å². The Hall–Kier alpha value is -0.783. The zero-order valence-corrected chi connectivity index (χ0v) is 17.2. The number of esters is 1. The molecule has 0 bridgehead atoms. The maximum Gasteiger partial charge on any atom is 0.322 e. The molecular formula is C19H30O3SSi. The summed E-state index contributed by atoms with van der Waals surface area (Å²) in [5.74, 6) is 0.803. The molecule has 24 heavy (non-hydrogen) atoms. The van der Waals surface area contributed by atoms with Crippen molar-refractivity contribution in [1.82, 2.24) is 0 Å². The van der Waals surface area contributed by atoms with Crippen LogP contribution in [0.5, 0.6) is 0 Å². The van der Waals surface area contributed by atoms with Crippen molar-refractivity contribution in [3.05, 3.63) is 35.9 Å². The summed E-state index contributed by atoms with van der Waals surface area (Å²) >= 11 is 1.80. The first kappa shape index (κ1) is 19.5. The Kier molecular flexibility index (Phi) is 6.95. The van der Waals surface area contributed by atoms with Crippen LogP contribution in [-0.2, 0) is 14.3 Å². The quantitative estimate of drug-likeness (QED) is 0.511. The molecule has 0 aliphatic carbocycles. The standard InChI is InChI=1S/C19H30O3SSi/c1-5-21-18(20)19(24(6-2,7-3)8-4)17(22-14-15-23-19)16-12-10-9-11-13-16/h9-13,17H,5-8,14-15H2,1-4H3/t17-,19+/m1/s1. The molecule has 1 aromatic carbocycles. The van der Waals surface area contributed by atoms with Crippen LogP contribution in [0.25, 0.3) is 0 Å². The molecule has 0 spiro atoms. The fourth-order valence-corrected chi connectivity index (χ4v) is 12.4. The molecule has 1 heterocycles. The van der Waals surface area contributed by atoms with E-state index in [1.807, 2.05) is 25.1 Å². The zero-order chi connectivity index (χ0) is 17.6. The summed E-state index contributed by atoms with van der Waals surface area (Å²) in [6.07, 6.45) is -0.206. The van der Waals surface area contributed by atoms with Gasteiger partial charge in [-0.2, -0.15) is 0 Å². The average Bonchev–Trinajstić information content (AvgIpc) is 2.64. The third kappa shape index (κ3) is 3.18.